The van der Waals surface area contributed by atoms with E-state index >= 15 is 0 Å². The van der Waals surface area contributed by atoms with Crippen molar-refractivity contribution in [2.45, 2.75) is 6.92 Å². The number of carbonyl (C=O) groups is 1. The number of hydrogen-bond donors (Lipinski definition) is 1. The summed E-state index contributed by atoms with van der Waals surface area (Å²) in [5, 5.41) is 8.71. The molecule has 0 bridgehead atoms. The number of hydrogen-bond acceptors (Lipinski definition) is 3. The average Bonchev–Trinajstić information content (AvgIpc) is 2.15. The fourth-order valence-corrected chi connectivity index (χ4v) is 0.973. The van der Waals surface area contributed by atoms with Crippen LogP contribution in [0.3, 0.4) is 0 Å². The van der Waals surface area contributed by atoms with Gasteiger partial charge in [0, 0.05) is 6.07 Å². The standard InChI is InChI=1S/C9H7F3O3/c1-2-15-9(14)6-4(10)3-5(13)7(11)8(6)12/h3,13H,2H2,1H3. The minimum Gasteiger partial charge on any atom is -0.505 e. The Hall–Kier alpha value is -1.72. The maximum atomic E-state index is 13.0. The van der Waals surface area contributed by atoms with Crippen LogP contribution in [0.25, 0.3) is 0 Å². The second-order valence-corrected chi connectivity index (χ2v) is 2.60. The summed E-state index contributed by atoms with van der Waals surface area (Å²) in [4.78, 5) is 11.0. The number of phenols is 1. The first-order valence-electron chi connectivity index (χ1n) is 4.02. The number of phenolic OH excluding ortho intramolecular Hbond substituents is 1. The molecule has 0 radical (unpaired) electrons. The Labute approximate surface area is 83.1 Å². The summed E-state index contributed by atoms with van der Waals surface area (Å²) < 4.78 is 43.1. The average molecular weight is 220 g/mol. The summed E-state index contributed by atoms with van der Waals surface area (Å²) in [7, 11) is 0. The lowest BCUT2D eigenvalue weighted by molar-refractivity contribution is 0.0513. The molecule has 0 aliphatic rings. The molecule has 0 saturated heterocycles. The van der Waals surface area contributed by atoms with Crippen LogP contribution in [0, 0.1) is 17.5 Å². The lowest BCUT2D eigenvalue weighted by Crippen LogP contribution is -2.11. The Morgan fingerprint density at radius 1 is 1.40 bits per heavy atom. The summed E-state index contributed by atoms with van der Waals surface area (Å²) >= 11 is 0. The van der Waals surface area contributed by atoms with Gasteiger partial charge in [-0.3, -0.25) is 0 Å². The highest BCUT2D eigenvalue weighted by molar-refractivity contribution is 5.90. The van der Waals surface area contributed by atoms with Crippen LogP contribution in [-0.2, 0) is 4.74 Å². The van der Waals surface area contributed by atoms with Gasteiger partial charge in [0.05, 0.1) is 6.61 Å². The van der Waals surface area contributed by atoms with Crippen molar-refractivity contribution in [3.8, 4) is 5.75 Å². The topological polar surface area (TPSA) is 46.5 Å². The first-order valence-corrected chi connectivity index (χ1v) is 4.02. The van der Waals surface area contributed by atoms with Gasteiger partial charge in [-0.15, -0.1) is 0 Å². The van der Waals surface area contributed by atoms with E-state index in [1.165, 1.54) is 6.92 Å². The summed E-state index contributed by atoms with van der Waals surface area (Å²) in [6.45, 7) is 1.34. The third kappa shape index (κ3) is 2.03. The predicted molar refractivity (Wildman–Crippen MR) is 43.9 cm³/mol. The van der Waals surface area contributed by atoms with Gasteiger partial charge >= 0.3 is 5.97 Å². The van der Waals surface area contributed by atoms with E-state index in [2.05, 4.69) is 4.74 Å². The van der Waals surface area contributed by atoms with Crippen molar-refractivity contribution in [2.24, 2.45) is 0 Å². The summed E-state index contributed by atoms with van der Waals surface area (Å²) in [6, 6.07) is 0.310. The van der Waals surface area contributed by atoms with Crippen LogP contribution < -0.4 is 0 Å². The van der Waals surface area contributed by atoms with E-state index in [0.29, 0.717) is 6.07 Å². The number of rotatable bonds is 2. The number of esters is 1. The highest BCUT2D eigenvalue weighted by atomic mass is 19.2. The largest absolute Gasteiger partial charge is 0.505 e. The van der Waals surface area contributed by atoms with Crippen LogP contribution in [0.5, 0.6) is 5.75 Å². The lowest BCUT2D eigenvalue weighted by atomic mass is 10.2. The quantitative estimate of drug-likeness (QED) is 0.612. The molecule has 0 fully saturated rings. The zero-order valence-electron chi connectivity index (χ0n) is 7.68. The molecule has 1 N–H and O–H groups in total. The van der Waals surface area contributed by atoms with E-state index in [1.54, 1.807) is 0 Å². The molecule has 15 heavy (non-hydrogen) atoms. The number of halogens is 3. The minimum atomic E-state index is -1.76. The van der Waals surface area contributed by atoms with E-state index in [-0.39, 0.29) is 6.61 Å². The van der Waals surface area contributed by atoms with Crippen LogP contribution in [0.4, 0.5) is 13.2 Å². The molecule has 0 aliphatic heterocycles. The maximum Gasteiger partial charge on any atom is 0.344 e. The number of aromatic hydroxyl groups is 1. The fourth-order valence-electron chi connectivity index (χ4n) is 0.973. The van der Waals surface area contributed by atoms with Crippen LogP contribution in [-0.4, -0.2) is 17.7 Å². The number of carbonyl (C=O) groups excluding carboxylic acids is 1. The molecule has 0 amide bonds. The van der Waals surface area contributed by atoms with Crippen molar-refractivity contribution in [3.05, 3.63) is 29.1 Å². The molecule has 1 aromatic rings. The predicted octanol–water partition coefficient (Wildman–Crippen LogP) is 1.99. The number of benzene rings is 1. The van der Waals surface area contributed by atoms with Crippen LogP contribution in [0.2, 0.25) is 0 Å². The Morgan fingerprint density at radius 3 is 2.53 bits per heavy atom. The van der Waals surface area contributed by atoms with Crippen molar-refractivity contribution in [1.82, 2.24) is 0 Å². The third-order valence-corrected chi connectivity index (χ3v) is 1.62. The monoisotopic (exact) mass is 220 g/mol. The first kappa shape index (κ1) is 11.4. The maximum absolute atomic E-state index is 13.0. The molecule has 0 unspecified atom stereocenters. The van der Waals surface area contributed by atoms with Crippen LogP contribution in [0.15, 0.2) is 6.07 Å². The highest BCUT2D eigenvalue weighted by Crippen LogP contribution is 2.24. The van der Waals surface area contributed by atoms with E-state index < -0.39 is 34.7 Å². The molecule has 1 aromatic carbocycles. The SMILES string of the molecule is CCOC(=O)c1c(F)cc(O)c(F)c1F. The van der Waals surface area contributed by atoms with E-state index in [1.807, 2.05) is 0 Å². The molecule has 6 heteroatoms. The van der Waals surface area contributed by atoms with Gasteiger partial charge in [0.15, 0.2) is 11.6 Å². The molecule has 0 aromatic heterocycles. The van der Waals surface area contributed by atoms with Gasteiger partial charge in [-0.05, 0) is 6.92 Å². The Bertz CT molecular complexity index is 404. The Balaban J connectivity index is 3.29. The summed E-state index contributed by atoms with van der Waals surface area (Å²) in [5.74, 6) is -7.32. The molecule has 1 rings (SSSR count). The molecular weight excluding hydrogens is 213 g/mol. The van der Waals surface area contributed by atoms with Crippen LogP contribution in [0.1, 0.15) is 17.3 Å². The van der Waals surface area contributed by atoms with E-state index in [4.69, 9.17) is 5.11 Å². The van der Waals surface area contributed by atoms with Crippen molar-refractivity contribution >= 4 is 5.97 Å². The van der Waals surface area contributed by atoms with Gasteiger partial charge in [0.1, 0.15) is 11.4 Å². The Morgan fingerprint density at radius 2 is 2.00 bits per heavy atom. The van der Waals surface area contributed by atoms with Crippen molar-refractivity contribution in [2.75, 3.05) is 6.61 Å². The molecule has 0 spiro atoms. The Kier molecular flexibility index (Phi) is 3.18. The van der Waals surface area contributed by atoms with E-state index in [0.717, 1.165) is 0 Å². The second kappa shape index (κ2) is 4.20. The lowest BCUT2D eigenvalue weighted by Gasteiger charge is -2.06. The van der Waals surface area contributed by atoms with Crippen molar-refractivity contribution in [1.29, 1.82) is 0 Å². The first-order chi connectivity index (χ1) is 6.99. The molecule has 0 aliphatic carbocycles. The third-order valence-electron chi connectivity index (χ3n) is 1.62. The zero-order chi connectivity index (χ0) is 11.6. The van der Waals surface area contributed by atoms with Gasteiger partial charge < -0.3 is 9.84 Å². The van der Waals surface area contributed by atoms with E-state index in [9.17, 15) is 18.0 Å². The van der Waals surface area contributed by atoms with Crippen molar-refractivity contribution in [3.63, 3.8) is 0 Å². The smallest absolute Gasteiger partial charge is 0.344 e. The van der Waals surface area contributed by atoms with Gasteiger partial charge in [0.2, 0.25) is 5.82 Å². The summed E-state index contributed by atoms with van der Waals surface area (Å²) in [6.07, 6.45) is 0. The van der Waals surface area contributed by atoms with Crippen molar-refractivity contribution < 1.29 is 27.8 Å². The molecule has 0 atom stereocenters. The van der Waals surface area contributed by atoms with Gasteiger partial charge in [-0.2, -0.15) is 4.39 Å². The van der Waals surface area contributed by atoms with Crippen LogP contribution >= 0.6 is 0 Å². The van der Waals surface area contributed by atoms with Gasteiger partial charge in [-0.1, -0.05) is 0 Å². The highest BCUT2D eigenvalue weighted by Gasteiger charge is 2.24. The minimum absolute atomic E-state index is 0.0970. The summed E-state index contributed by atoms with van der Waals surface area (Å²) in [5.41, 5.74) is -1.15. The molecule has 0 saturated carbocycles. The molecule has 82 valence electrons. The zero-order valence-corrected chi connectivity index (χ0v) is 7.68. The number of ether oxygens (including phenoxy) is 1. The normalized spacial score (nSPS) is 10.1. The molecular formula is C9H7F3O3. The molecule has 3 nitrogen and oxygen atoms in total. The van der Waals surface area contributed by atoms with Gasteiger partial charge in [0.25, 0.3) is 0 Å². The molecule has 0 heterocycles. The second-order valence-electron chi connectivity index (χ2n) is 2.60. The fraction of sp³-hybridized carbons (Fsp3) is 0.222. The van der Waals surface area contributed by atoms with Gasteiger partial charge in [-0.25, -0.2) is 13.6 Å².